The van der Waals surface area contributed by atoms with Crippen molar-refractivity contribution in [2.45, 2.75) is 12.5 Å². The van der Waals surface area contributed by atoms with E-state index in [0.717, 1.165) is 0 Å². The van der Waals surface area contributed by atoms with E-state index >= 15 is 0 Å². The molecule has 0 saturated carbocycles. The van der Waals surface area contributed by atoms with Crippen LogP contribution in [0.4, 0.5) is 0 Å². The number of hydrogen-bond acceptors (Lipinski definition) is 4. The van der Waals surface area contributed by atoms with E-state index in [0.29, 0.717) is 27.8 Å². The minimum atomic E-state index is -1.07. The van der Waals surface area contributed by atoms with Crippen LogP contribution < -0.4 is 14.2 Å². The molecule has 5 nitrogen and oxygen atoms in total. The first-order chi connectivity index (χ1) is 11.0. The molecule has 0 fully saturated rings. The number of rotatable bonds is 7. The fraction of sp³-hybridized carbons (Fsp3) is 0.235. The van der Waals surface area contributed by atoms with Crippen LogP contribution in [0.5, 0.6) is 17.2 Å². The van der Waals surface area contributed by atoms with Crippen LogP contribution in [0.25, 0.3) is 0 Å². The molecule has 0 saturated heterocycles. The summed E-state index contributed by atoms with van der Waals surface area (Å²) in [7, 11) is 3.07. The number of methoxy groups -OCH3 is 2. The average molecular weight is 337 g/mol. The van der Waals surface area contributed by atoms with E-state index in [4.69, 9.17) is 25.8 Å². The molecule has 0 spiro atoms. The van der Waals surface area contributed by atoms with Crippen LogP contribution in [-0.2, 0) is 11.2 Å². The zero-order chi connectivity index (χ0) is 16.8. The van der Waals surface area contributed by atoms with Crippen molar-refractivity contribution in [3.05, 3.63) is 53.1 Å². The summed E-state index contributed by atoms with van der Waals surface area (Å²) in [6, 6.07) is 11.8. The lowest BCUT2D eigenvalue weighted by molar-refractivity contribution is -0.145. The molecule has 0 aliphatic heterocycles. The first-order valence-electron chi connectivity index (χ1n) is 6.89. The van der Waals surface area contributed by atoms with E-state index < -0.39 is 12.1 Å². The van der Waals surface area contributed by atoms with Gasteiger partial charge in [0.2, 0.25) is 0 Å². The van der Waals surface area contributed by atoms with Crippen LogP contribution in [0.1, 0.15) is 5.56 Å². The number of carbonyl (C=O) groups is 1. The van der Waals surface area contributed by atoms with Gasteiger partial charge in [0.1, 0.15) is 17.2 Å². The van der Waals surface area contributed by atoms with Gasteiger partial charge >= 0.3 is 5.97 Å². The van der Waals surface area contributed by atoms with Crippen molar-refractivity contribution in [3.8, 4) is 17.2 Å². The Hall–Kier alpha value is -2.40. The lowest BCUT2D eigenvalue weighted by Gasteiger charge is -2.17. The molecular weight excluding hydrogens is 320 g/mol. The number of ether oxygens (including phenoxy) is 3. The van der Waals surface area contributed by atoms with Gasteiger partial charge in [-0.2, -0.15) is 0 Å². The second-order valence-electron chi connectivity index (χ2n) is 4.78. The molecule has 0 aliphatic carbocycles. The van der Waals surface area contributed by atoms with Crippen LogP contribution in [-0.4, -0.2) is 31.4 Å². The van der Waals surface area contributed by atoms with Gasteiger partial charge in [0.05, 0.1) is 14.2 Å². The maximum atomic E-state index is 11.5. The molecule has 0 aromatic heterocycles. The molecule has 0 amide bonds. The topological polar surface area (TPSA) is 65.0 Å². The highest BCUT2D eigenvalue weighted by molar-refractivity contribution is 6.30. The highest BCUT2D eigenvalue weighted by atomic mass is 35.5. The maximum absolute atomic E-state index is 11.5. The molecule has 122 valence electrons. The Morgan fingerprint density at radius 2 is 1.91 bits per heavy atom. The Balaban J connectivity index is 2.24. The smallest absolute Gasteiger partial charge is 0.345 e. The van der Waals surface area contributed by atoms with Crippen LogP contribution >= 0.6 is 11.6 Å². The molecule has 1 unspecified atom stereocenters. The summed E-state index contributed by atoms with van der Waals surface area (Å²) in [5, 5.41) is 9.90. The van der Waals surface area contributed by atoms with Crippen LogP contribution in [0.15, 0.2) is 42.5 Å². The van der Waals surface area contributed by atoms with Crippen molar-refractivity contribution in [3.63, 3.8) is 0 Å². The Kier molecular flexibility index (Phi) is 5.71. The molecule has 0 aliphatic rings. The van der Waals surface area contributed by atoms with E-state index in [1.54, 1.807) is 49.6 Å². The number of aliphatic carboxylic acids is 1. The van der Waals surface area contributed by atoms with Crippen molar-refractivity contribution >= 4 is 17.6 Å². The highest BCUT2D eigenvalue weighted by Crippen LogP contribution is 2.27. The quantitative estimate of drug-likeness (QED) is 0.839. The Labute approximate surface area is 139 Å². The summed E-state index contributed by atoms with van der Waals surface area (Å²) in [6.07, 6.45) is -0.947. The van der Waals surface area contributed by atoms with Gasteiger partial charge in [-0.3, -0.25) is 0 Å². The summed E-state index contributed by atoms with van der Waals surface area (Å²) in [5.41, 5.74) is 0.682. The summed E-state index contributed by atoms with van der Waals surface area (Å²) in [5.74, 6) is 0.515. The van der Waals surface area contributed by atoms with Crippen molar-refractivity contribution < 1.29 is 24.1 Å². The van der Waals surface area contributed by atoms with E-state index in [2.05, 4.69) is 0 Å². The number of benzene rings is 2. The predicted octanol–water partition coefficient (Wildman–Crippen LogP) is 3.43. The number of carboxylic acids is 1. The standard InChI is InChI=1S/C17H17ClO5/c1-21-13-6-7-15(22-2)11(8-13)9-16(17(19)20)23-14-5-3-4-12(18)10-14/h3-8,10,16H,9H2,1-2H3,(H,19,20). The third-order valence-electron chi connectivity index (χ3n) is 3.24. The largest absolute Gasteiger partial charge is 0.497 e. The number of carboxylic acid groups (broad SMARTS) is 1. The van der Waals surface area contributed by atoms with Crippen molar-refractivity contribution in [1.29, 1.82) is 0 Å². The summed E-state index contributed by atoms with van der Waals surface area (Å²) in [4.78, 5) is 11.5. The second kappa shape index (κ2) is 7.74. The molecule has 0 bridgehead atoms. The zero-order valence-corrected chi connectivity index (χ0v) is 13.5. The van der Waals surface area contributed by atoms with Gasteiger partial charge in [-0.15, -0.1) is 0 Å². The van der Waals surface area contributed by atoms with Crippen LogP contribution in [0.2, 0.25) is 5.02 Å². The Bertz CT molecular complexity index is 686. The van der Waals surface area contributed by atoms with Gasteiger partial charge in [-0.05, 0) is 36.4 Å². The average Bonchev–Trinajstić information content (AvgIpc) is 2.54. The van der Waals surface area contributed by atoms with Crippen LogP contribution in [0, 0.1) is 0 Å². The molecule has 6 heteroatoms. The molecule has 1 N–H and O–H groups in total. The highest BCUT2D eigenvalue weighted by Gasteiger charge is 2.22. The van der Waals surface area contributed by atoms with Crippen molar-refractivity contribution in [2.75, 3.05) is 14.2 Å². The fourth-order valence-electron chi connectivity index (χ4n) is 2.13. The first kappa shape index (κ1) is 17.0. The summed E-state index contributed by atoms with van der Waals surface area (Å²) < 4.78 is 16.0. The Morgan fingerprint density at radius 3 is 2.52 bits per heavy atom. The van der Waals surface area contributed by atoms with E-state index in [1.165, 1.54) is 7.11 Å². The van der Waals surface area contributed by atoms with Gasteiger partial charge in [0.25, 0.3) is 0 Å². The number of hydrogen-bond donors (Lipinski definition) is 1. The molecule has 0 radical (unpaired) electrons. The monoisotopic (exact) mass is 336 g/mol. The lowest BCUT2D eigenvalue weighted by atomic mass is 10.1. The number of halogens is 1. The molecule has 2 aromatic carbocycles. The van der Waals surface area contributed by atoms with Crippen molar-refractivity contribution in [2.24, 2.45) is 0 Å². The molecule has 2 rings (SSSR count). The van der Waals surface area contributed by atoms with Crippen molar-refractivity contribution in [1.82, 2.24) is 0 Å². The SMILES string of the molecule is COc1ccc(OC)c(CC(Oc2cccc(Cl)c2)C(=O)O)c1. The normalized spacial score (nSPS) is 11.6. The van der Waals surface area contributed by atoms with Crippen LogP contribution in [0.3, 0.4) is 0 Å². The van der Waals surface area contributed by atoms with E-state index in [-0.39, 0.29) is 6.42 Å². The minimum Gasteiger partial charge on any atom is -0.497 e. The van der Waals surface area contributed by atoms with Gasteiger partial charge in [0.15, 0.2) is 6.10 Å². The molecular formula is C17H17ClO5. The second-order valence-corrected chi connectivity index (χ2v) is 5.22. The molecule has 23 heavy (non-hydrogen) atoms. The van der Waals surface area contributed by atoms with E-state index in [1.807, 2.05) is 0 Å². The van der Waals surface area contributed by atoms with Gasteiger partial charge < -0.3 is 19.3 Å². The maximum Gasteiger partial charge on any atom is 0.345 e. The summed E-state index contributed by atoms with van der Waals surface area (Å²) >= 11 is 5.89. The zero-order valence-electron chi connectivity index (χ0n) is 12.8. The van der Waals surface area contributed by atoms with E-state index in [9.17, 15) is 9.90 Å². The summed E-state index contributed by atoms with van der Waals surface area (Å²) in [6.45, 7) is 0. The Morgan fingerprint density at radius 1 is 1.13 bits per heavy atom. The lowest BCUT2D eigenvalue weighted by Crippen LogP contribution is -2.29. The molecule has 0 heterocycles. The minimum absolute atomic E-state index is 0.127. The first-order valence-corrected chi connectivity index (χ1v) is 7.27. The molecule has 2 aromatic rings. The van der Waals surface area contributed by atoms with Gasteiger partial charge in [0, 0.05) is 17.0 Å². The predicted molar refractivity (Wildman–Crippen MR) is 86.8 cm³/mol. The van der Waals surface area contributed by atoms with Gasteiger partial charge in [-0.1, -0.05) is 17.7 Å². The third kappa shape index (κ3) is 4.53. The third-order valence-corrected chi connectivity index (χ3v) is 3.48. The van der Waals surface area contributed by atoms with Gasteiger partial charge in [-0.25, -0.2) is 4.79 Å². The molecule has 1 atom stereocenters. The fourth-order valence-corrected chi connectivity index (χ4v) is 2.31.